The average Bonchev–Trinajstić information content (AvgIpc) is 2.45. The number of nitro benzene ring substituents is 1. The van der Waals surface area contributed by atoms with Crippen LogP contribution in [0, 0.1) is 10.1 Å². The number of rotatable bonds is 6. The second-order valence-electron chi connectivity index (χ2n) is 4.41. The highest BCUT2D eigenvalue weighted by molar-refractivity contribution is 5.55. The van der Waals surface area contributed by atoms with Crippen LogP contribution >= 0.6 is 0 Å². The van der Waals surface area contributed by atoms with E-state index in [1.54, 1.807) is 18.2 Å². The van der Waals surface area contributed by atoms with Crippen molar-refractivity contribution in [1.82, 2.24) is 0 Å². The van der Waals surface area contributed by atoms with Crippen molar-refractivity contribution >= 4 is 11.4 Å². The second kappa shape index (κ2) is 6.60. The molecule has 0 aromatic heterocycles. The lowest BCUT2D eigenvalue weighted by atomic mass is 10.2. The SMILES string of the molecule is CCCOc1ccccc1Oc1cc(N)cc([N+](=O)[O-])c1. The van der Waals surface area contributed by atoms with E-state index in [-0.39, 0.29) is 11.4 Å². The van der Waals surface area contributed by atoms with E-state index in [4.69, 9.17) is 15.2 Å². The van der Waals surface area contributed by atoms with Crippen LogP contribution in [-0.4, -0.2) is 11.5 Å². The van der Waals surface area contributed by atoms with E-state index >= 15 is 0 Å². The maximum absolute atomic E-state index is 10.8. The Morgan fingerprint density at radius 2 is 1.90 bits per heavy atom. The number of anilines is 1. The van der Waals surface area contributed by atoms with Crippen molar-refractivity contribution in [1.29, 1.82) is 0 Å². The summed E-state index contributed by atoms with van der Waals surface area (Å²) in [5.41, 5.74) is 5.81. The summed E-state index contributed by atoms with van der Waals surface area (Å²) >= 11 is 0. The van der Waals surface area contributed by atoms with Crippen LogP contribution in [0.1, 0.15) is 13.3 Å². The van der Waals surface area contributed by atoms with Gasteiger partial charge >= 0.3 is 0 Å². The molecule has 0 saturated heterocycles. The maximum Gasteiger partial charge on any atom is 0.275 e. The van der Waals surface area contributed by atoms with Crippen molar-refractivity contribution in [3.63, 3.8) is 0 Å². The van der Waals surface area contributed by atoms with Crippen molar-refractivity contribution in [3.05, 3.63) is 52.6 Å². The van der Waals surface area contributed by atoms with Gasteiger partial charge in [-0.25, -0.2) is 0 Å². The van der Waals surface area contributed by atoms with Crippen LogP contribution in [0.25, 0.3) is 0 Å². The monoisotopic (exact) mass is 288 g/mol. The third-order valence-corrected chi connectivity index (χ3v) is 2.66. The van der Waals surface area contributed by atoms with E-state index in [1.807, 2.05) is 13.0 Å². The number of benzene rings is 2. The Balaban J connectivity index is 2.27. The van der Waals surface area contributed by atoms with Gasteiger partial charge in [0, 0.05) is 17.8 Å². The van der Waals surface area contributed by atoms with Crippen molar-refractivity contribution in [2.24, 2.45) is 0 Å². The fourth-order valence-electron chi connectivity index (χ4n) is 1.76. The Hall–Kier alpha value is -2.76. The molecule has 0 saturated carbocycles. The summed E-state index contributed by atoms with van der Waals surface area (Å²) in [5, 5.41) is 10.8. The van der Waals surface area contributed by atoms with Crippen molar-refractivity contribution in [2.75, 3.05) is 12.3 Å². The highest BCUT2D eigenvalue weighted by atomic mass is 16.6. The molecule has 0 radical (unpaired) electrons. The van der Waals surface area contributed by atoms with E-state index in [1.165, 1.54) is 18.2 Å². The largest absolute Gasteiger partial charge is 0.490 e. The Morgan fingerprint density at radius 1 is 1.19 bits per heavy atom. The molecule has 110 valence electrons. The molecule has 0 heterocycles. The molecule has 2 N–H and O–H groups in total. The zero-order chi connectivity index (χ0) is 15.2. The number of para-hydroxylation sites is 2. The van der Waals surface area contributed by atoms with Gasteiger partial charge in [0.1, 0.15) is 5.75 Å². The molecule has 0 aliphatic rings. The lowest BCUT2D eigenvalue weighted by Gasteiger charge is -2.12. The topological polar surface area (TPSA) is 87.6 Å². The predicted molar refractivity (Wildman–Crippen MR) is 79.8 cm³/mol. The van der Waals surface area contributed by atoms with Crippen molar-refractivity contribution in [3.8, 4) is 17.2 Å². The molecule has 0 atom stereocenters. The number of nitro groups is 1. The molecular formula is C15H16N2O4. The van der Waals surface area contributed by atoms with Crippen LogP contribution in [-0.2, 0) is 0 Å². The lowest BCUT2D eigenvalue weighted by Crippen LogP contribution is -1.98. The van der Waals surface area contributed by atoms with Gasteiger partial charge in [-0.05, 0) is 18.6 Å². The van der Waals surface area contributed by atoms with Gasteiger partial charge in [0.15, 0.2) is 11.5 Å². The highest BCUT2D eigenvalue weighted by Crippen LogP contribution is 2.33. The molecule has 21 heavy (non-hydrogen) atoms. The standard InChI is InChI=1S/C15H16N2O4/c1-2-7-20-14-5-3-4-6-15(14)21-13-9-11(16)8-12(10-13)17(18)19/h3-6,8-10H,2,7,16H2,1H3. The number of nitrogens with zero attached hydrogens (tertiary/aromatic N) is 1. The normalized spacial score (nSPS) is 10.1. The minimum absolute atomic E-state index is 0.114. The molecule has 0 fully saturated rings. The molecule has 0 amide bonds. The molecule has 2 aromatic rings. The van der Waals surface area contributed by atoms with E-state index in [2.05, 4.69) is 0 Å². The minimum Gasteiger partial charge on any atom is -0.490 e. The minimum atomic E-state index is -0.511. The molecule has 0 spiro atoms. The van der Waals surface area contributed by atoms with Crippen LogP contribution in [0.4, 0.5) is 11.4 Å². The number of nitrogen functional groups attached to an aromatic ring is 1. The van der Waals surface area contributed by atoms with Gasteiger partial charge < -0.3 is 15.2 Å². The summed E-state index contributed by atoms with van der Waals surface area (Å²) in [6.07, 6.45) is 0.873. The van der Waals surface area contributed by atoms with E-state index in [0.29, 0.717) is 23.9 Å². The first-order valence-corrected chi connectivity index (χ1v) is 6.54. The first kappa shape index (κ1) is 14.6. The Morgan fingerprint density at radius 3 is 2.57 bits per heavy atom. The Labute approximate surface area is 122 Å². The number of ether oxygens (including phenoxy) is 2. The molecule has 0 bridgehead atoms. The zero-order valence-corrected chi connectivity index (χ0v) is 11.6. The van der Waals surface area contributed by atoms with E-state index in [9.17, 15) is 10.1 Å². The van der Waals surface area contributed by atoms with Crippen LogP contribution in [0.5, 0.6) is 17.2 Å². The van der Waals surface area contributed by atoms with Gasteiger partial charge in [0.2, 0.25) is 0 Å². The summed E-state index contributed by atoms with van der Waals surface area (Å²) in [6, 6.07) is 11.3. The fourth-order valence-corrected chi connectivity index (χ4v) is 1.76. The molecule has 0 unspecified atom stereocenters. The smallest absolute Gasteiger partial charge is 0.275 e. The van der Waals surface area contributed by atoms with Crippen LogP contribution in [0.15, 0.2) is 42.5 Å². The zero-order valence-electron chi connectivity index (χ0n) is 11.6. The quantitative estimate of drug-likeness (QED) is 0.496. The molecule has 2 rings (SSSR count). The van der Waals surface area contributed by atoms with E-state index < -0.39 is 4.92 Å². The van der Waals surface area contributed by atoms with E-state index in [0.717, 1.165) is 6.42 Å². The molecule has 6 nitrogen and oxygen atoms in total. The second-order valence-corrected chi connectivity index (χ2v) is 4.41. The Bertz CT molecular complexity index is 643. The third kappa shape index (κ3) is 3.85. The lowest BCUT2D eigenvalue weighted by molar-refractivity contribution is -0.384. The third-order valence-electron chi connectivity index (χ3n) is 2.66. The van der Waals surface area contributed by atoms with Gasteiger partial charge in [0.25, 0.3) is 5.69 Å². The van der Waals surface area contributed by atoms with Crippen molar-refractivity contribution in [2.45, 2.75) is 13.3 Å². The summed E-state index contributed by atoms with van der Waals surface area (Å²) in [5.74, 6) is 1.38. The van der Waals surface area contributed by atoms with Gasteiger partial charge in [0.05, 0.1) is 17.6 Å². The van der Waals surface area contributed by atoms with Crippen LogP contribution in [0.3, 0.4) is 0 Å². The first-order chi connectivity index (χ1) is 10.1. The molecular weight excluding hydrogens is 272 g/mol. The summed E-state index contributed by atoms with van der Waals surface area (Å²) in [6.45, 7) is 2.57. The first-order valence-electron chi connectivity index (χ1n) is 6.54. The number of hydrogen-bond acceptors (Lipinski definition) is 5. The molecule has 0 aliphatic carbocycles. The van der Waals surface area contributed by atoms with Gasteiger partial charge in [-0.3, -0.25) is 10.1 Å². The summed E-state index contributed by atoms with van der Waals surface area (Å²) in [7, 11) is 0. The summed E-state index contributed by atoms with van der Waals surface area (Å²) in [4.78, 5) is 10.3. The number of nitrogens with two attached hydrogens (primary N) is 1. The van der Waals surface area contributed by atoms with Crippen LogP contribution in [0.2, 0.25) is 0 Å². The average molecular weight is 288 g/mol. The fraction of sp³-hybridized carbons (Fsp3) is 0.200. The van der Waals surface area contributed by atoms with Gasteiger partial charge in [-0.15, -0.1) is 0 Å². The molecule has 0 aliphatic heterocycles. The van der Waals surface area contributed by atoms with Crippen molar-refractivity contribution < 1.29 is 14.4 Å². The predicted octanol–water partition coefficient (Wildman–Crippen LogP) is 3.76. The van der Waals surface area contributed by atoms with Crippen LogP contribution < -0.4 is 15.2 Å². The maximum atomic E-state index is 10.8. The number of non-ortho nitro benzene ring substituents is 1. The van der Waals surface area contributed by atoms with Gasteiger partial charge in [-0.1, -0.05) is 19.1 Å². The number of hydrogen-bond donors (Lipinski definition) is 1. The Kier molecular flexibility index (Phi) is 4.61. The molecule has 2 aromatic carbocycles. The summed E-state index contributed by atoms with van der Waals surface area (Å²) < 4.78 is 11.2. The highest BCUT2D eigenvalue weighted by Gasteiger charge is 2.11. The van der Waals surface area contributed by atoms with Gasteiger partial charge in [-0.2, -0.15) is 0 Å². The molecule has 6 heteroatoms.